The zero-order valence-electron chi connectivity index (χ0n) is 14.5. The number of nitrogens with zero attached hydrogens (tertiary/aromatic N) is 2. The number of nitrogens with one attached hydrogen (secondary N) is 1. The fourth-order valence-electron chi connectivity index (χ4n) is 2.66. The SMILES string of the molecule is O=C(COc1ccc2ccccc2c1)NCc1nc(-c2ccccc2)no1. The van der Waals surface area contributed by atoms with E-state index in [1.54, 1.807) is 0 Å². The maximum Gasteiger partial charge on any atom is 0.258 e. The van der Waals surface area contributed by atoms with Gasteiger partial charge in [0.05, 0.1) is 6.54 Å². The summed E-state index contributed by atoms with van der Waals surface area (Å²) in [5.74, 6) is 1.22. The average molecular weight is 359 g/mol. The van der Waals surface area contributed by atoms with E-state index in [1.165, 1.54) is 0 Å². The van der Waals surface area contributed by atoms with Crippen LogP contribution in [-0.2, 0) is 11.3 Å². The molecule has 0 atom stereocenters. The number of aromatic nitrogens is 2. The monoisotopic (exact) mass is 359 g/mol. The van der Waals surface area contributed by atoms with Crippen LogP contribution in [0.1, 0.15) is 5.89 Å². The Morgan fingerprint density at radius 3 is 2.59 bits per heavy atom. The Hall–Kier alpha value is -3.67. The summed E-state index contributed by atoms with van der Waals surface area (Å²) in [6.07, 6.45) is 0. The van der Waals surface area contributed by atoms with Crippen molar-refractivity contribution in [2.75, 3.05) is 6.61 Å². The van der Waals surface area contributed by atoms with Gasteiger partial charge in [-0.1, -0.05) is 65.8 Å². The normalized spacial score (nSPS) is 10.7. The minimum absolute atomic E-state index is 0.0853. The number of carbonyl (C=O) groups excluding carboxylic acids is 1. The second kappa shape index (κ2) is 7.70. The summed E-state index contributed by atoms with van der Waals surface area (Å²) in [5, 5.41) is 8.82. The van der Waals surface area contributed by atoms with Crippen LogP contribution in [0.3, 0.4) is 0 Å². The summed E-state index contributed by atoms with van der Waals surface area (Å²) in [6.45, 7) is 0.0672. The molecule has 6 nitrogen and oxygen atoms in total. The highest BCUT2D eigenvalue weighted by atomic mass is 16.5. The molecule has 0 aliphatic carbocycles. The highest BCUT2D eigenvalue weighted by molar-refractivity contribution is 5.84. The molecule has 4 rings (SSSR count). The van der Waals surface area contributed by atoms with E-state index in [-0.39, 0.29) is 19.1 Å². The van der Waals surface area contributed by atoms with Crippen molar-refractivity contribution < 1.29 is 14.1 Å². The first kappa shape index (κ1) is 16.8. The van der Waals surface area contributed by atoms with Crippen LogP contribution in [0.15, 0.2) is 77.3 Å². The van der Waals surface area contributed by atoms with Crippen molar-refractivity contribution in [3.05, 3.63) is 78.7 Å². The van der Waals surface area contributed by atoms with Crippen molar-refractivity contribution in [2.24, 2.45) is 0 Å². The van der Waals surface area contributed by atoms with Gasteiger partial charge in [-0.05, 0) is 22.9 Å². The number of rotatable bonds is 6. The first-order valence-electron chi connectivity index (χ1n) is 8.54. The Bertz CT molecular complexity index is 1060. The van der Waals surface area contributed by atoms with Crippen molar-refractivity contribution in [1.29, 1.82) is 0 Å². The number of fused-ring (bicyclic) bond motifs is 1. The molecule has 0 fully saturated rings. The Labute approximate surface area is 155 Å². The van der Waals surface area contributed by atoms with Crippen LogP contribution in [0.5, 0.6) is 5.75 Å². The highest BCUT2D eigenvalue weighted by Crippen LogP contribution is 2.20. The van der Waals surface area contributed by atoms with Crippen molar-refractivity contribution in [3.8, 4) is 17.1 Å². The number of hydrogen-bond acceptors (Lipinski definition) is 5. The molecule has 1 heterocycles. The van der Waals surface area contributed by atoms with Gasteiger partial charge >= 0.3 is 0 Å². The van der Waals surface area contributed by atoms with E-state index in [0.717, 1.165) is 16.3 Å². The van der Waals surface area contributed by atoms with Gasteiger partial charge in [0.1, 0.15) is 5.75 Å². The van der Waals surface area contributed by atoms with Gasteiger partial charge < -0.3 is 14.6 Å². The summed E-state index contributed by atoms with van der Waals surface area (Å²) in [4.78, 5) is 16.3. The molecule has 4 aromatic rings. The minimum atomic E-state index is -0.261. The Morgan fingerprint density at radius 1 is 0.963 bits per heavy atom. The van der Waals surface area contributed by atoms with Gasteiger partial charge in [-0.3, -0.25) is 4.79 Å². The molecule has 0 aliphatic rings. The van der Waals surface area contributed by atoms with Crippen LogP contribution in [0.4, 0.5) is 0 Å². The first-order chi connectivity index (χ1) is 13.3. The standard InChI is InChI=1S/C21H17N3O3/c25-19(14-26-18-11-10-15-6-4-5-9-17(15)12-18)22-13-20-23-21(24-27-20)16-7-2-1-3-8-16/h1-12H,13-14H2,(H,22,25). The zero-order chi connectivity index (χ0) is 18.5. The van der Waals surface area contributed by atoms with Gasteiger partial charge in [0, 0.05) is 5.56 Å². The quantitative estimate of drug-likeness (QED) is 0.569. The largest absolute Gasteiger partial charge is 0.484 e. The molecule has 1 N–H and O–H groups in total. The molecule has 3 aromatic carbocycles. The molecular weight excluding hydrogens is 342 g/mol. The van der Waals surface area contributed by atoms with E-state index in [2.05, 4.69) is 15.5 Å². The van der Waals surface area contributed by atoms with Crippen LogP contribution in [0, 0.1) is 0 Å². The van der Waals surface area contributed by atoms with Gasteiger partial charge in [0.2, 0.25) is 11.7 Å². The van der Waals surface area contributed by atoms with Crippen molar-refractivity contribution >= 4 is 16.7 Å². The summed E-state index contributed by atoms with van der Waals surface area (Å²) in [6, 6.07) is 23.2. The lowest BCUT2D eigenvalue weighted by atomic mass is 10.1. The second-order valence-electron chi connectivity index (χ2n) is 5.95. The van der Waals surface area contributed by atoms with Gasteiger partial charge in [-0.2, -0.15) is 4.98 Å². The lowest BCUT2D eigenvalue weighted by Crippen LogP contribution is -2.28. The highest BCUT2D eigenvalue weighted by Gasteiger charge is 2.10. The van der Waals surface area contributed by atoms with Crippen LogP contribution in [-0.4, -0.2) is 22.7 Å². The van der Waals surface area contributed by atoms with Crippen molar-refractivity contribution in [2.45, 2.75) is 6.54 Å². The van der Waals surface area contributed by atoms with E-state index >= 15 is 0 Å². The maximum absolute atomic E-state index is 12.0. The van der Waals surface area contributed by atoms with Crippen molar-refractivity contribution in [3.63, 3.8) is 0 Å². The maximum atomic E-state index is 12.0. The number of ether oxygens (including phenoxy) is 1. The van der Waals surface area contributed by atoms with Gasteiger partial charge in [-0.15, -0.1) is 0 Å². The van der Waals surface area contributed by atoms with Crippen LogP contribution in [0.25, 0.3) is 22.2 Å². The Kier molecular flexibility index (Phi) is 4.78. The summed E-state index contributed by atoms with van der Waals surface area (Å²) in [5.41, 5.74) is 0.860. The van der Waals surface area contributed by atoms with Gasteiger partial charge in [0.25, 0.3) is 5.91 Å². The number of benzene rings is 3. The molecule has 1 amide bonds. The Balaban J connectivity index is 1.30. The fourth-order valence-corrected chi connectivity index (χ4v) is 2.66. The van der Waals surface area contributed by atoms with E-state index in [0.29, 0.717) is 17.5 Å². The third-order valence-corrected chi connectivity index (χ3v) is 4.03. The second-order valence-corrected chi connectivity index (χ2v) is 5.95. The molecule has 1 aromatic heterocycles. The van der Waals surface area contributed by atoms with Crippen molar-refractivity contribution in [1.82, 2.24) is 15.5 Å². The van der Waals surface area contributed by atoms with E-state index in [4.69, 9.17) is 9.26 Å². The summed E-state index contributed by atoms with van der Waals surface area (Å²) in [7, 11) is 0. The molecule has 0 bridgehead atoms. The molecule has 0 unspecified atom stereocenters. The molecule has 27 heavy (non-hydrogen) atoms. The van der Waals surface area contributed by atoms with Gasteiger partial charge in [-0.25, -0.2) is 0 Å². The molecular formula is C21H17N3O3. The predicted octanol–water partition coefficient (Wildman–Crippen LogP) is 3.59. The van der Waals surface area contributed by atoms with E-state index in [9.17, 15) is 4.79 Å². The molecule has 0 radical (unpaired) electrons. The predicted molar refractivity (Wildman–Crippen MR) is 101 cm³/mol. The number of amides is 1. The third kappa shape index (κ3) is 4.12. The first-order valence-corrected chi connectivity index (χ1v) is 8.54. The molecule has 134 valence electrons. The summed E-state index contributed by atoms with van der Waals surface area (Å²) < 4.78 is 10.7. The minimum Gasteiger partial charge on any atom is -0.484 e. The molecule has 0 spiro atoms. The van der Waals surface area contributed by atoms with E-state index in [1.807, 2.05) is 72.8 Å². The van der Waals surface area contributed by atoms with Crippen LogP contribution in [0.2, 0.25) is 0 Å². The zero-order valence-corrected chi connectivity index (χ0v) is 14.5. The number of carbonyl (C=O) groups is 1. The lowest BCUT2D eigenvalue weighted by molar-refractivity contribution is -0.123. The fraction of sp³-hybridized carbons (Fsp3) is 0.0952. The molecule has 6 heteroatoms. The van der Waals surface area contributed by atoms with Crippen LogP contribution < -0.4 is 10.1 Å². The molecule has 0 saturated carbocycles. The summed E-state index contributed by atoms with van der Waals surface area (Å²) >= 11 is 0. The topological polar surface area (TPSA) is 77.2 Å². The van der Waals surface area contributed by atoms with E-state index < -0.39 is 0 Å². The molecule has 0 aliphatic heterocycles. The number of hydrogen-bond donors (Lipinski definition) is 1. The van der Waals surface area contributed by atoms with Gasteiger partial charge in [0.15, 0.2) is 6.61 Å². The Morgan fingerprint density at radius 2 is 1.74 bits per heavy atom. The van der Waals surface area contributed by atoms with Crippen LogP contribution >= 0.6 is 0 Å². The average Bonchev–Trinajstić information content (AvgIpc) is 3.20. The lowest BCUT2D eigenvalue weighted by Gasteiger charge is -2.07. The third-order valence-electron chi connectivity index (χ3n) is 4.03. The smallest absolute Gasteiger partial charge is 0.258 e. The molecule has 0 saturated heterocycles.